The molecule has 1 aromatic heterocycles. The Morgan fingerprint density at radius 3 is 2.65 bits per heavy atom. The van der Waals surface area contributed by atoms with Crippen molar-refractivity contribution in [2.75, 3.05) is 0 Å². The molecule has 1 heterocycles. The fourth-order valence-corrected chi connectivity index (χ4v) is 2.22. The van der Waals surface area contributed by atoms with Gasteiger partial charge in [0.15, 0.2) is 17.7 Å². The number of rotatable bonds is 5. The van der Waals surface area contributed by atoms with E-state index in [4.69, 9.17) is 14.9 Å². The van der Waals surface area contributed by atoms with Crippen LogP contribution in [0, 0.1) is 12.7 Å². The van der Waals surface area contributed by atoms with Gasteiger partial charge in [-0.05, 0) is 43.7 Å². The summed E-state index contributed by atoms with van der Waals surface area (Å²) in [6.45, 7) is 3.80. The normalized spacial score (nSPS) is 14.1. The lowest BCUT2D eigenvalue weighted by molar-refractivity contribution is 0.137. The van der Waals surface area contributed by atoms with E-state index in [2.05, 4.69) is 15.9 Å². The Kier molecular flexibility index (Phi) is 4.83. The lowest BCUT2D eigenvalue weighted by Crippen LogP contribution is -2.31. The Morgan fingerprint density at radius 2 is 2.10 bits per heavy atom. The lowest BCUT2D eigenvalue weighted by Gasteiger charge is -2.22. The van der Waals surface area contributed by atoms with Crippen molar-refractivity contribution < 1.29 is 13.5 Å². The molecule has 2 N–H and O–H groups in total. The van der Waals surface area contributed by atoms with Crippen molar-refractivity contribution >= 4 is 15.9 Å². The molecule has 2 rings (SSSR count). The molecular formula is C15H17BrFNO2. The minimum absolute atomic E-state index is 0.163. The Labute approximate surface area is 126 Å². The van der Waals surface area contributed by atoms with Crippen LogP contribution in [0.15, 0.2) is 39.2 Å². The van der Waals surface area contributed by atoms with Gasteiger partial charge in [0.25, 0.3) is 0 Å². The number of benzene rings is 1. The summed E-state index contributed by atoms with van der Waals surface area (Å²) in [5, 5.41) is 0. The molecule has 0 amide bonds. The van der Waals surface area contributed by atoms with E-state index in [0.29, 0.717) is 16.7 Å². The van der Waals surface area contributed by atoms with E-state index in [1.54, 1.807) is 12.1 Å². The second kappa shape index (κ2) is 6.41. The zero-order valence-corrected chi connectivity index (χ0v) is 13.0. The summed E-state index contributed by atoms with van der Waals surface area (Å²) in [7, 11) is 0. The molecular weight excluding hydrogens is 325 g/mol. The predicted molar refractivity (Wildman–Crippen MR) is 79.2 cm³/mol. The molecule has 0 aliphatic heterocycles. The van der Waals surface area contributed by atoms with Gasteiger partial charge in [0.2, 0.25) is 0 Å². The van der Waals surface area contributed by atoms with Crippen LogP contribution in [0.1, 0.15) is 31.0 Å². The van der Waals surface area contributed by atoms with Crippen molar-refractivity contribution in [1.82, 2.24) is 0 Å². The molecule has 0 bridgehead atoms. The highest BCUT2D eigenvalue weighted by Gasteiger charge is 2.25. The first-order valence-corrected chi connectivity index (χ1v) is 7.24. The zero-order valence-electron chi connectivity index (χ0n) is 11.4. The van der Waals surface area contributed by atoms with E-state index in [0.717, 1.165) is 5.76 Å². The van der Waals surface area contributed by atoms with Gasteiger partial charge in [-0.25, -0.2) is 4.39 Å². The molecule has 0 aliphatic carbocycles. The number of hydrogen-bond donors (Lipinski definition) is 1. The van der Waals surface area contributed by atoms with E-state index < -0.39 is 11.9 Å². The lowest BCUT2D eigenvalue weighted by atomic mass is 10.1. The van der Waals surface area contributed by atoms with Crippen LogP contribution in [-0.4, -0.2) is 6.04 Å². The van der Waals surface area contributed by atoms with Crippen LogP contribution in [0.5, 0.6) is 5.75 Å². The third-order valence-electron chi connectivity index (χ3n) is 3.05. The summed E-state index contributed by atoms with van der Waals surface area (Å²) in [4.78, 5) is 0. The number of aryl methyl sites for hydroxylation is 1. The van der Waals surface area contributed by atoms with Crippen molar-refractivity contribution in [3.63, 3.8) is 0 Å². The van der Waals surface area contributed by atoms with Gasteiger partial charge < -0.3 is 14.9 Å². The summed E-state index contributed by atoms with van der Waals surface area (Å²) in [6, 6.07) is 8.03. The van der Waals surface area contributed by atoms with E-state index in [-0.39, 0.29) is 11.8 Å². The van der Waals surface area contributed by atoms with Crippen LogP contribution in [0.3, 0.4) is 0 Å². The summed E-state index contributed by atoms with van der Waals surface area (Å²) >= 11 is 3.21. The van der Waals surface area contributed by atoms with Crippen molar-refractivity contribution in [3.8, 4) is 5.75 Å². The van der Waals surface area contributed by atoms with E-state index in [1.165, 1.54) is 6.07 Å². The van der Waals surface area contributed by atoms with Gasteiger partial charge in [-0.15, -0.1) is 0 Å². The minimum atomic E-state index is -0.510. The van der Waals surface area contributed by atoms with Gasteiger partial charge in [0.05, 0.1) is 0 Å². The minimum Gasteiger partial charge on any atom is -0.478 e. The van der Waals surface area contributed by atoms with Gasteiger partial charge in [-0.3, -0.25) is 0 Å². The fraction of sp³-hybridized carbons (Fsp3) is 0.333. The topological polar surface area (TPSA) is 48.4 Å². The van der Waals surface area contributed by atoms with Gasteiger partial charge in [0, 0.05) is 10.5 Å². The number of halogens is 2. The molecule has 0 aliphatic rings. The third kappa shape index (κ3) is 3.41. The molecule has 5 heteroatoms. The average molecular weight is 342 g/mol. The smallest absolute Gasteiger partial charge is 0.171 e. The summed E-state index contributed by atoms with van der Waals surface area (Å²) in [6.07, 6.45) is 0.187. The second-order valence-electron chi connectivity index (χ2n) is 4.63. The largest absolute Gasteiger partial charge is 0.478 e. The molecule has 0 saturated heterocycles. The number of ether oxygens (including phenoxy) is 1. The summed E-state index contributed by atoms with van der Waals surface area (Å²) in [5.41, 5.74) is 6.07. The number of furan rings is 1. The first kappa shape index (κ1) is 15.1. The zero-order chi connectivity index (χ0) is 14.7. The number of hydrogen-bond acceptors (Lipinski definition) is 3. The molecule has 2 unspecified atom stereocenters. The SMILES string of the molecule is CCC(N)C(Oc1ccc(Br)cc1F)c1ccc(C)o1. The van der Waals surface area contributed by atoms with Crippen molar-refractivity contribution in [2.24, 2.45) is 5.73 Å². The molecule has 2 atom stereocenters. The highest BCUT2D eigenvalue weighted by atomic mass is 79.9. The maximum absolute atomic E-state index is 13.9. The van der Waals surface area contributed by atoms with Crippen LogP contribution in [0.25, 0.3) is 0 Å². The van der Waals surface area contributed by atoms with Crippen molar-refractivity contribution in [2.45, 2.75) is 32.4 Å². The first-order chi connectivity index (χ1) is 9.51. The Bertz CT molecular complexity index is 585. The maximum atomic E-state index is 13.9. The molecule has 3 nitrogen and oxygen atoms in total. The van der Waals surface area contributed by atoms with Crippen LogP contribution in [-0.2, 0) is 0 Å². The third-order valence-corrected chi connectivity index (χ3v) is 3.54. The van der Waals surface area contributed by atoms with Crippen LogP contribution >= 0.6 is 15.9 Å². The molecule has 0 radical (unpaired) electrons. The van der Waals surface area contributed by atoms with Crippen LogP contribution < -0.4 is 10.5 Å². The van der Waals surface area contributed by atoms with Gasteiger partial charge in [-0.1, -0.05) is 22.9 Å². The molecule has 0 spiro atoms. The highest BCUT2D eigenvalue weighted by Crippen LogP contribution is 2.29. The number of nitrogens with two attached hydrogens (primary N) is 1. The molecule has 2 aromatic rings. The van der Waals surface area contributed by atoms with Crippen LogP contribution in [0.2, 0.25) is 0 Å². The highest BCUT2D eigenvalue weighted by molar-refractivity contribution is 9.10. The predicted octanol–water partition coefficient (Wildman–Crippen LogP) is 4.35. The Hall–Kier alpha value is -1.33. The molecule has 0 fully saturated rings. The maximum Gasteiger partial charge on any atom is 0.171 e. The van der Waals surface area contributed by atoms with Gasteiger partial charge in [-0.2, -0.15) is 0 Å². The van der Waals surface area contributed by atoms with Crippen LogP contribution in [0.4, 0.5) is 4.39 Å². The monoisotopic (exact) mass is 341 g/mol. The standard InChI is InChI=1S/C15H17BrFNO2/c1-3-12(18)15(14-6-4-9(2)19-14)20-13-7-5-10(16)8-11(13)17/h4-8,12,15H,3,18H2,1-2H3. The van der Waals surface area contributed by atoms with Gasteiger partial charge >= 0.3 is 0 Å². The molecule has 1 aromatic carbocycles. The Balaban J connectivity index is 2.28. The molecule has 108 valence electrons. The van der Waals surface area contributed by atoms with Gasteiger partial charge in [0.1, 0.15) is 11.5 Å². The van der Waals surface area contributed by atoms with Crippen molar-refractivity contribution in [3.05, 3.63) is 52.1 Å². The Morgan fingerprint density at radius 1 is 1.35 bits per heavy atom. The van der Waals surface area contributed by atoms with Crippen molar-refractivity contribution in [1.29, 1.82) is 0 Å². The molecule has 0 saturated carbocycles. The summed E-state index contributed by atoms with van der Waals surface area (Å²) < 4.78 is 25.8. The quantitative estimate of drug-likeness (QED) is 0.879. The summed E-state index contributed by atoms with van der Waals surface area (Å²) in [5.74, 6) is 1.11. The second-order valence-corrected chi connectivity index (χ2v) is 5.55. The van der Waals surface area contributed by atoms with E-state index in [9.17, 15) is 4.39 Å². The molecule has 20 heavy (non-hydrogen) atoms. The van der Waals surface area contributed by atoms with E-state index in [1.807, 2.05) is 26.0 Å². The van der Waals surface area contributed by atoms with E-state index >= 15 is 0 Å². The fourth-order valence-electron chi connectivity index (χ4n) is 1.88. The average Bonchev–Trinajstić information content (AvgIpc) is 2.83. The first-order valence-electron chi connectivity index (χ1n) is 6.45.